The van der Waals surface area contributed by atoms with Gasteiger partial charge in [-0.2, -0.15) is 0 Å². The van der Waals surface area contributed by atoms with E-state index in [9.17, 15) is 39.6 Å². The van der Waals surface area contributed by atoms with Gasteiger partial charge in [0.25, 0.3) is 0 Å². The summed E-state index contributed by atoms with van der Waals surface area (Å²) >= 11 is 0. The maximum atomic E-state index is 10.3. The molecule has 2 aromatic carbocycles. The molecule has 0 unspecified atom stereocenters. The van der Waals surface area contributed by atoms with Crippen molar-refractivity contribution in [3.8, 4) is 0 Å². The molecule has 0 bridgehead atoms. The average Bonchev–Trinajstić information content (AvgIpc) is 2.55. The fraction of sp³-hybridized carbons (Fsp3) is 0. The van der Waals surface area contributed by atoms with Crippen LogP contribution in [0, 0.1) is 0 Å². The maximum Gasteiger partial charge on any atom is 4.00 e. The van der Waals surface area contributed by atoms with Gasteiger partial charge in [0.2, 0.25) is 0 Å². The summed E-state index contributed by atoms with van der Waals surface area (Å²) in [4.78, 5) is 41.3. The third kappa shape index (κ3) is 6.30. The molecule has 0 atom stereocenters. The Morgan fingerprint density at radius 2 is 0.640 bits per heavy atom. The largest absolute Gasteiger partial charge is 4.00 e. The molecule has 0 heterocycles. The fourth-order valence-corrected chi connectivity index (χ4v) is 1.68. The van der Waals surface area contributed by atoms with E-state index in [1.54, 1.807) is 0 Å². The van der Waals surface area contributed by atoms with Crippen LogP contribution in [-0.4, -0.2) is 23.9 Å². The van der Waals surface area contributed by atoms with Gasteiger partial charge in [0.1, 0.15) is 0 Å². The quantitative estimate of drug-likeness (QED) is 0.392. The summed E-state index contributed by atoms with van der Waals surface area (Å²) in [6.45, 7) is 0. The van der Waals surface area contributed by atoms with Gasteiger partial charge in [0.05, 0.1) is 23.9 Å². The number of benzene rings is 2. The third-order valence-corrected chi connectivity index (χ3v) is 2.73. The number of rotatable bonds is 4. The van der Waals surface area contributed by atoms with Crippen LogP contribution in [0.3, 0.4) is 0 Å². The number of hydrogen-bond acceptors (Lipinski definition) is 8. The van der Waals surface area contributed by atoms with Gasteiger partial charge in [0, 0.05) is 22.3 Å². The first-order chi connectivity index (χ1) is 11.3. The fourth-order valence-electron chi connectivity index (χ4n) is 1.68. The first-order valence-electron chi connectivity index (χ1n) is 6.29. The Kier molecular flexibility index (Phi) is 9.00. The van der Waals surface area contributed by atoms with Crippen molar-refractivity contribution in [3.05, 3.63) is 70.8 Å². The van der Waals surface area contributed by atoms with Gasteiger partial charge in [-0.3, -0.25) is 0 Å². The van der Waals surface area contributed by atoms with E-state index in [4.69, 9.17) is 0 Å². The van der Waals surface area contributed by atoms with Crippen LogP contribution >= 0.6 is 0 Å². The summed E-state index contributed by atoms with van der Waals surface area (Å²) in [5.74, 6) is -6.07. The zero-order chi connectivity index (χ0) is 18.3. The van der Waals surface area contributed by atoms with Crippen LogP contribution in [-0.2, 0) is 25.8 Å². The average molecular weight is 507 g/mol. The molecular formula is C16H8HfO8. The van der Waals surface area contributed by atoms with Crippen molar-refractivity contribution < 1.29 is 65.4 Å². The molecule has 0 saturated carbocycles. The monoisotopic (exact) mass is 508 g/mol. The number of carboxylic acid groups (broad SMARTS) is 4. The molecule has 9 heteroatoms. The van der Waals surface area contributed by atoms with E-state index in [0.29, 0.717) is 0 Å². The van der Waals surface area contributed by atoms with Gasteiger partial charge < -0.3 is 39.6 Å². The Bertz CT molecular complexity index is 667. The molecular weight excluding hydrogens is 499 g/mol. The van der Waals surface area contributed by atoms with Crippen molar-refractivity contribution in [1.29, 1.82) is 0 Å². The van der Waals surface area contributed by atoms with Crippen LogP contribution in [0.4, 0.5) is 0 Å². The molecule has 0 spiro atoms. The third-order valence-electron chi connectivity index (χ3n) is 2.73. The Morgan fingerprint density at radius 1 is 0.480 bits per heavy atom. The molecule has 0 aromatic heterocycles. The van der Waals surface area contributed by atoms with E-state index in [1.807, 2.05) is 0 Å². The number of aromatic carboxylic acids is 4. The van der Waals surface area contributed by atoms with Crippen molar-refractivity contribution in [2.24, 2.45) is 0 Å². The van der Waals surface area contributed by atoms with Gasteiger partial charge in [-0.05, 0) is 0 Å². The molecule has 124 valence electrons. The van der Waals surface area contributed by atoms with Crippen LogP contribution in [0.1, 0.15) is 41.4 Å². The van der Waals surface area contributed by atoms with Crippen molar-refractivity contribution in [1.82, 2.24) is 0 Å². The molecule has 2 aromatic rings. The van der Waals surface area contributed by atoms with Gasteiger partial charge in [-0.25, -0.2) is 0 Å². The molecule has 0 N–H and O–H groups in total. The molecule has 0 aliphatic rings. The molecule has 2 rings (SSSR count). The topological polar surface area (TPSA) is 161 Å². The van der Waals surface area contributed by atoms with E-state index in [-0.39, 0.29) is 48.1 Å². The van der Waals surface area contributed by atoms with E-state index in [1.165, 1.54) is 24.3 Å². The van der Waals surface area contributed by atoms with Gasteiger partial charge >= 0.3 is 25.8 Å². The predicted octanol–water partition coefficient (Wildman–Crippen LogP) is -3.18. The number of hydrogen-bond donors (Lipinski definition) is 0. The Labute approximate surface area is 160 Å². The second-order valence-electron chi connectivity index (χ2n) is 4.24. The van der Waals surface area contributed by atoms with E-state index < -0.39 is 23.9 Å². The van der Waals surface area contributed by atoms with Crippen molar-refractivity contribution in [3.63, 3.8) is 0 Å². The van der Waals surface area contributed by atoms with Crippen molar-refractivity contribution >= 4 is 23.9 Å². The molecule has 0 radical (unpaired) electrons. The summed E-state index contributed by atoms with van der Waals surface area (Å²) in [5, 5.41) is 41.3. The minimum atomic E-state index is -1.52. The van der Waals surface area contributed by atoms with Crippen LogP contribution in [0.25, 0.3) is 0 Å². The molecule has 0 aliphatic heterocycles. The molecule has 0 aliphatic carbocycles. The van der Waals surface area contributed by atoms with Crippen molar-refractivity contribution in [2.45, 2.75) is 0 Å². The van der Waals surface area contributed by atoms with Crippen LogP contribution in [0.15, 0.2) is 48.5 Å². The van der Waals surface area contributed by atoms with Gasteiger partial charge in [-0.1, -0.05) is 48.5 Å². The second kappa shape index (κ2) is 10.1. The zero-order valence-corrected chi connectivity index (χ0v) is 16.0. The van der Waals surface area contributed by atoms with E-state index in [2.05, 4.69) is 0 Å². The van der Waals surface area contributed by atoms with Crippen molar-refractivity contribution in [2.75, 3.05) is 0 Å². The Morgan fingerprint density at radius 3 is 0.760 bits per heavy atom. The molecule has 0 amide bonds. The standard InChI is InChI=1S/2C8H6O4.Hf/c2*9-7(10)5-3-1-2-4-6(5)8(11)12;/h2*1-4H,(H,9,10)(H,11,12);/q;;+4/p-4. The normalized spacial score (nSPS) is 8.96. The molecule has 0 fully saturated rings. The summed E-state index contributed by atoms with van der Waals surface area (Å²) in [7, 11) is 0. The summed E-state index contributed by atoms with van der Waals surface area (Å²) in [6.07, 6.45) is 0. The Balaban J connectivity index is 0.000000443. The minimum Gasteiger partial charge on any atom is -0.545 e. The summed E-state index contributed by atoms with van der Waals surface area (Å²) in [5.41, 5.74) is -1.45. The summed E-state index contributed by atoms with van der Waals surface area (Å²) < 4.78 is 0. The predicted molar refractivity (Wildman–Crippen MR) is 70.2 cm³/mol. The first kappa shape index (κ1) is 22.2. The van der Waals surface area contributed by atoms with E-state index in [0.717, 1.165) is 24.3 Å². The summed E-state index contributed by atoms with van der Waals surface area (Å²) in [6, 6.07) is 10.3. The number of carbonyl (C=O) groups is 4. The first-order valence-corrected chi connectivity index (χ1v) is 6.29. The van der Waals surface area contributed by atoms with Crippen LogP contribution in [0.2, 0.25) is 0 Å². The molecule has 8 nitrogen and oxygen atoms in total. The number of carboxylic acids is 4. The van der Waals surface area contributed by atoms with Crippen LogP contribution < -0.4 is 20.4 Å². The maximum absolute atomic E-state index is 10.3. The zero-order valence-electron chi connectivity index (χ0n) is 12.4. The smallest absolute Gasteiger partial charge is 0.545 e. The van der Waals surface area contributed by atoms with Crippen LogP contribution in [0.5, 0.6) is 0 Å². The minimum absolute atomic E-state index is 0. The van der Waals surface area contributed by atoms with Gasteiger partial charge in [0.15, 0.2) is 0 Å². The Hall–Kier alpha value is -2.81. The molecule has 0 saturated heterocycles. The second-order valence-corrected chi connectivity index (χ2v) is 4.24. The SMILES string of the molecule is O=C([O-])c1ccccc1C(=O)[O-].O=C([O-])c1ccccc1C(=O)[O-].[Hf+4]. The number of carbonyl (C=O) groups excluding carboxylic acids is 4. The van der Waals surface area contributed by atoms with E-state index >= 15 is 0 Å². The molecule has 25 heavy (non-hydrogen) atoms. The van der Waals surface area contributed by atoms with Gasteiger partial charge in [-0.15, -0.1) is 0 Å².